The van der Waals surface area contributed by atoms with Gasteiger partial charge in [-0.1, -0.05) is 198 Å². The molecule has 6 nitrogen and oxygen atoms in total. The molecule has 54 heavy (non-hydrogen) atoms. The predicted octanol–water partition coefficient (Wildman–Crippen LogP) is 12.5. The predicted molar refractivity (Wildman–Crippen MR) is 233 cm³/mol. The first-order chi connectivity index (χ1) is 26.5. The van der Waals surface area contributed by atoms with Crippen LogP contribution in [-0.2, 0) is 4.79 Å². The van der Waals surface area contributed by atoms with Gasteiger partial charge in [0.2, 0.25) is 5.91 Å². The van der Waals surface area contributed by atoms with Gasteiger partial charge in [-0.3, -0.25) is 4.79 Å². The minimum absolute atomic E-state index is 0.274. The molecule has 4 unspecified atom stereocenters. The first kappa shape index (κ1) is 52.5. The Kier molecular flexibility index (Phi) is 41.5. The fourth-order valence-electron chi connectivity index (χ4n) is 7.07. The van der Waals surface area contributed by atoms with Gasteiger partial charge in [-0.05, 0) is 70.6 Å². The molecular weight excluding hydrogens is 671 g/mol. The van der Waals surface area contributed by atoms with Gasteiger partial charge in [-0.15, -0.1) is 0 Å². The summed E-state index contributed by atoms with van der Waals surface area (Å²) in [5.41, 5.74) is 0. The number of allylic oxidation sites excluding steroid dienone is 6. The van der Waals surface area contributed by atoms with Crippen molar-refractivity contribution in [3.8, 4) is 0 Å². The summed E-state index contributed by atoms with van der Waals surface area (Å²) in [6, 6.07) is -1.02. The van der Waals surface area contributed by atoms with E-state index >= 15 is 0 Å². The van der Waals surface area contributed by atoms with Gasteiger partial charge < -0.3 is 25.7 Å². The molecule has 0 spiro atoms. The third-order valence-corrected chi connectivity index (χ3v) is 10.8. The molecule has 0 aromatic heterocycles. The van der Waals surface area contributed by atoms with E-state index in [0.717, 1.165) is 32.1 Å². The molecule has 4 atom stereocenters. The summed E-state index contributed by atoms with van der Waals surface area (Å²) in [6.07, 6.45) is 51.0. The first-order valence-corrected chi connectivity index (χ1v) is 23.4. The lowest BCUT2D eigenvalue weighted by Crippen LogP contribution is -2.53. The van der Waals surface area contributed by atoms with Crippen LogP contribution in [0.5, 0.6) is 0 Å². The van der Waals surface area contributed by atoms with Crippen LogP contribution in [0.25, 0.3) is 0 Å². The van der Waals surface area contributed by atoms with Crippen molar-refractivity contribution in [1.29, 1.82) is 0 Å². The fourth-order valence-corrected chi connectivity index (χ4v) is 7.07. The van der Waals surface area contributed by atoms with Crippen molar-refractivity contribution in [3.05, 3.63) is 36.5 Å². The summed E-state index contributed by atoms with van der Waals surface area (Å²) in [7, 11) is 0. The molecule has 0 rings (SSSR count). The molecule has 0 fully saturated rings. The molecular formula is C48H91NO5. The Bertz CT molecular complexity index is 858. The second-order valence-corrected chi connectivity index (χ2v) is 16.1. The Morgan fingerprint density at radius 1 is 0.444 bits per heavy atom. The largest absolute Gasteiger partial charge is 0.394 e. The third-order valence-electron chi connectivity index (χ3n) is 10.8. The lowest BCUT2D eigenvalue weighted by Gasteiger charge is -2.27. The van der Waals surface area contributed by atoms with Crippen LogP contribution < -0.4 is 5.32 Å². The number of rotatable bonds is 42. The molecule has 0 bridgehead atoms. The average Bonchev–Trinajstić information content (AvgIpc) is 3.18. The van der Waals surface area contributed by atoms with Crippen LogP contribution in [0.1, 0.15) is 232 Å². The summed E-state index contributed by atoms with van der Waals surface area (Å²) < 4.78 is 0. The SMILES string of the molecule is CCCCCC/C=C\CCC(O)C(=O)NC(CO)C(O)C(O)CCC/C=C/CC/C=C/CCCCCCCCCCCCCCCCCCCCCCC. The smallest absolute Gasteiger partial charge is 0.249 e. The van der Waals surface area contributed by atoms with E-state index in [-0.39, 0.29) is 6.42 Å². The van der Waals surface area contributed by atoms with Crippen LogP contribution in [0, 0.1) is 0 Å². The van der Waals surface area contributed by atoms with E-state index < -0.39 is 36.9 Å². The van der Waals surface area contributed by atoms with Gasteiger partial charge in [-0.2, -0.15) is 0 Å². The molecule has 0 aromatic carbocycles. The van der Waals surface area contributed by atoms with Gasteiger partial charge in [-0.25, -0.2) is 0 Å². The van der Waals surface area contributed by atoms with Crippen molar-refractivity contribution >= 4 is 5.91 Å². The van der Waals surface area contributed by atoms with E-state index in [1.807, 2.05) is 6.08 Å². The Morgan fingerprint density at radius 2 is 0.778 bits per heavy atom. The standard InChI is InChI=1S/C48H91NO5/c1-3-5-7-9-11-13-14-15-16-17-18-19-20-21-22-23-24-25-26-27-28-29-30-31-32-33-34-36-37-39-41-45(51)47(53)44(43-50)49-48(54)46(52)42-40-38-35-12-10-8-6-4-2/h30-31,34-36,38,44-47,50-53H,3-29,32-33,37,39-43H2,1-2H3,(H,49,54)/b31-30+,36-34+,38-35-. The van der Waals surface area contributed by atoms with E-state index in [2.05, 4.69) is 49.5 Å². The molecule has 0 saturated heterocycles. The number of hydrogen-bond donors (Lipinski definition) is 5. The van der Waals surface area contributed by atoms with Gasteiger partial charge in [0, 0.05) is 0 Å². The van der Waals surface area contributed by atoms with E-state index in [1.165, 1.54) is 161 Å². The van der Waals surface area contributed by atoms with Gasteiger partial charge in [0.25, 0.3) is 0 Å². The zero-order valence-corrected chi connectivity index (χ0v) is 35.7. The van der Waals surface area contributed by atoms with Crippen LogP contribution in [0.2, 0.25) is 0 Å². The summed E-state index contributed by atoms with van der Waals surface area (Å²) in [4.78, 5) is 12.4. The van der Waals surface area contributed by atoms with Crippen molar-refractivity contribution in [2.75, 3.05) is 6.61 Å². The second-order valence-electron chi connectivity index (χ2n) is 16.1. The Balaban J connectivity index is 3.64. The van der Waals surface area contributed by atoms with Gasteiger partial charge in [0.05, 0.1) is 18.8 Å². The van der Waals surface area contributed by atoms with Crippen molar-refractivity contribution in [1.82, 2.24) is 5.32 Å². The molecule has 0 saturated carbocycles. The van der Waals surface area contributed by atoms with E-state index in [1.54, 1.807) is 0 Å². The molecule has 0 aliphatic heterocycles. The number of carbonyl (C=O) groups is 1. The maximum atomic E-state index is 12.4. The maximum absolute atomic E-state index is 12.4. The number of hydrogen-bond acceptors (Lipinski definition) is 5. The van der Waals surface area contributed by atoms with Crippen LogP contribution in [-0.4, -0.2) is 57.3 Å². The number of amides is 1. The average molecular weight is 762 g/mol. The van der Waals surface area contributed by atoms with Crippen molar-refractivity contribution in [2.24, 2.45) is 0 Å². The zero-order chi connectivity index (χ0) is 39.6. The van der Waals surface area contributed by atoms with Gasteiger partial charge in [0.15, 0.2) is 0 Å². The van der Waals surface area contributed by atoms with E-state index in [4.69, 9.17) is 0 Å². The molecule has 1 amide bonds. The lowest BCUT2D eigenvalue weighted by molar-refractivity contribution is -0.132. The highest BCUT2D eigenvalue weighted by Gasteiger charge is 2.28. The molecule has 0 heterocycles. The van der Waals surface area contributed by atoms with E-state index in [9.17, 15) is 25.2 Å². The summed E-state index contributed by atoms with van der Waals surface area (Å²) in [5, 5.41) is 43.3. The maximum Gasteiger partial charge on any atom is 0.249 e. The van der Waals surface area contributed by atoms with Crippen LogP contribution >= 0.6 is 0 Å². The van der Waals surface area contributed by atoms with Gasteiger partial charge >= 0.3 is 0 Å². The highest BCUT2D eigenvalue weighted by atomic mass is 16.3. The molecule has 5 N–H and O–H groups in total. The second kappa shape index (κ2) is 42.7. The highest BCUT2D eigenvalue weighted by molar-refractivity contribution is 5.80. The number of carbonyl (C=O) groups excluding carboxylic acids is 1. The molecule has 0 aliphatic rings. The third kappa shape index (κ3) is 36.2. The van der Waals surface area contributed by atoms with Gasteiger partial charge in [0.1, 0.15) is 12.2 Å². The normalized spacial score (nSPS) is 14.4. The summed E-state index contributed by atoms with van der Waals surface area (Å²) >= 11 is 0. The Morgan fingerprint density at radius 3 is 1.19 bits per heavy atom. The molecule has 318 valence electrons. The van der Waals surface area contributed by atoms with Crippen LogP contribution in [0.3, 0.4) is 0 Å². The summed E-state index contributed by atoms with van der Waals surface area (Å²) in [5.74, 6) is -0.635. The van der Waals surface area contributed by atoms with Crippen molar-refractivity contribution < 1.29 is 25.2 Å². The number of nitrogens with one attached hydrogen (secondary N) is 1. The monoisotopic (exact) mass is 762 g/mol. The molecule has 0 radical (unpaired) electrons. The fraction of sp³-hybridized carbons (Fsp3) is 0.854. The zero-order valence-electron chi connectivity index (χ0n) is 35.7. The van der Waals surface area contributed by atoms with Crippen molar-refractivity contribution in [2.45, 2.75) is 257 Å². The molecule has 0 aromatic rings. The van der Waals surface area contributed by atoms with Crippen LogP contribution in [0.15, 0.2) is 36.5 Å². The minimum atomic E-state index is -1.30. The first-order valence-electron chi connectivity index (χ1n) is 23.4. The van der Waals surface area contributed by atoms with Crippen molar-refractivity contribution in [3.63, 3.8) is 0 Å². The van der Waals surface area contributed by atoms with E-state index in [0.29, 0.717) is 19.3 Å². The molecule has 6 heteroatoms. The van der Waals surface area contributed by atoms with Crippen LogP contribution in [0.4, 0.5) is 0 Å². The number of unbranched alkanes of at least 4 members (excludes halogenated alkanes) is 27. The molecule has 0 aliphatic carbocycles. The number of aliphatic hydroxyl groups is 4. The Hall–Kier alpha value is -1.47. The minimum Gasteiger partial charge on any atom is -0.394 e. The Labute approximate surface area is 335 Å². The topological polar surface area (TPSA) is 110 Å². The number of aliphatic hydroxyl groups excluding tert-OH is 4. The lowest BCUT2D eigenvalue weighted by atomic mass is 10.0. The summed E-state index contributed by atoms with van der Waals surface area (Å²) in [6.45, 7) is 3.97. The quantitative estimate of drug-likeness (QED) is 0.0314. The highest BCUT2D eigenvalue weighted by Crippen LogP contribution is 2.16.